The Morgan fingerprint density at radius 3 is 2.89 bits per heavy atom. The lowest BCUT2D eigenvalue weighted by atomic mass is 10.1. The van der Waals surface area contributed by atoms with E-state index in [1.807, 2.05) is 0 Å². The van der Waals surface area contributed by atoms with E-state index < -0.39 is 18.1 Å². The minimum absolute atomic E-state index is 0.00640. The number of nitrogens with zero attached hydrogens (tertiary/aromatic N) is 2. The first kappa shape index (κ1) is 13.4. The lowest BCUT2D eigenvalue weighted by Crippen LogP contribution is -2.28. The quantitative estimate of drug-likeness (QED) is 0.796. The first-order valence-electron chi connectivity index (χ1n) is 5.69. The Bertz CT molecular complexity index is 604. The number of Topliss-reactive ketones (excluding diaryl/α,β-unsaturated/α-hetero) is 1. The Hall–Kier alpha value is -2.02. The Balaban J connectivity index is 2.43. The van der Waals surface area contributed by atoms with E-state index in [1.165, 1.54) is 12.5 Å². The first-order valence-corrected chi connectivity index (χ1v) is 5.69. The van der Waals surface area contributed by atoms with Gasteiger partial charge in [0, 0.05) is 6.20 Å². The summed E-state index contributed by atoms with van der Waals surface area (Å²) >= 11 is 0. The number of ether oxygens (including phenoxy) is 1. The zero-order valence-corrected chi connectivity index (χ0v) is 10.6. The summed E-state index contributed by atoms with van der Waals surface area (Å²) in [5.41, 5.74) is -0.515. The SMILES string of the molecule is CC(C)(O)COc1ncnc2[nH]cc(C(=O)CF)c12. The van der Waals surface area contributed by atoms with Crippen molar-refractivity contribution in [3.8, 4) is 5.88 Å². The number of H-pyrrole nitrogens is 1. The van der Waals surface area contributed by atoms with Crippen molar-refractivity contribution in [2.24, 2.45) is 0 Å². The lowest BCUT2D eigenvalue weighted by molar-refractivity contribution is 0.0274. The van der Waals surface area contributed by atoms with Crippen LogP contribution in [0.5, 0.6) is 5.88 Å². The fourth-order valence-corrected chi connectivity index (χ4v) is 1.58. The van der Waals surface area contributed by atoms with Crippen molar-refractivity contribution < 1.29 is 19.0 Å². The molecular formula is C12H14FN3O3. The average Bonchev–Trinajstić information content (AvgIpc) is 2.78. The molecule has 0 radical (unpaired) electrons. The highest BCUT2D eigenvalue weighted by atomic mass is 19.1. The summed E-state index contributed by atoms with van der Waals surface area (Å²) in [7, 11) is 0. The van der Waals surface area contributed by atoms with Crippen LogP contribution in [0.2, 0.25) is 0 Å². The van der Waals surface area contributed by atoms with E-state index in [0.717, 1.165) is 0 Å². The second kappa shape index (κ2) is 4.93. The number of aromatic amines is 1. The second-order valence-corrected chi connectivity index (χ2v) is 4.76. The monoisotopic (exact) mass is 267 g/mol. The normalized spacial score (nSPS) is 11.8. The van der Waals surface area contributed by atoms with Gasteiger partial charge in [-0.15, -0.1) is 0 Å². The molecule has 2 heterocycles. The predicted octanol–water partition coefficient (Wildman–Crippen LogP) is 1.26. The van der Waals surface area contributed by atoms with Gasteiger partial charge in [-0.25, -0.2) is 14.4 Å². The Labute approximate surface area is 108 Å². The third-order valence-corrected chi connectivity index (χ3v) is 2.42. The molecule has 0 saturated heterocycles. The van der Waals surface area contributed by atoms with Crippen molar-refractivity contribution >= 4 is 16.8 Å². The van der Waals surface area contributed by atoms with Gasteiger partial charge >= 0.3 is 0 Å². The minimum atomic E-state index is -1.10. The van der Waals surface area contributed by atoms with Crippen LogP contribution in [0.3, 0.4) is 0 Å². The molecule has 0 unspecified atom stereocenters. The van der Waals surface area contributed by atoms with Gasteiger partial charge < -0.3 is 14.8 Å². The molecule has 2 aromatic rings. The molecule has 0 aliphatic heterocycles. The van der Waals surface area contributed by atoms with Gasteiger partial charge in [-0.3, -0.25) is 4.79 Å². The number of alkyl halides is 1. The van der Waals surface area contributed by atoms with E-state index in [4.69, 9.17) is 4.74 Å². The van der Waals surface area contributed by atoms with Gasteiger partial charge in [0.25, 0.3) is 0 Å². The number of rotatable bonds is 5. The highest BCUT2D eigenvalue weighted by molar-refractivity contribution is 6.09. The van der Waals surface area contributed by atoms with Gasteiger partial charge in [-0.1, -0.05) is 0 Å². The van der Waals surface area contributed by atoms with Crippen molar-refractivity contribution in [1.82, 2.24) is 15.0 Å². The van der Waals surface area contributed by atoms with E-state index >= 15 is 0 Å². The number of nitrogens with one attached hydrogen (secondary N) is 1. The largest absolute Gasteiger partial charge is 0.474 e. The molecule has 0 aliphatic carbocycles. The molecule has 2 N–H and O–H groups in total. The molecule has 102 valence electrons. The summed E-state index contributed by atoms with van der Waals surface area (Å²) in [5, 5.41) is 9.95. The second-order valence-electron chi connectivity index (χ2n) is 4.76. The molecular weight excluding hydrogens is 253 g/mol. The molecule has 0 atom stereocenters. The number of carbonyl (C=O) groups is 1. The number of aromatic nitrogens is 3. The summed E-state index contributed by atoms with van der Waals surface area (Å²) < 4.78 is 17.9. The van der Waals surface area contributed by atoms with Gasteiger partial charge in [0.2, 0.25) is 5.88 Å². The van der Waals surface area contributed by atoms with E-state index in [-0.39, 0.29) is 18.1 Å². The summed E-state index contributed by atoms with van der Waals surface area (Å²) in [6, 6.07) is 0. The standard InChI is InChI=1S/C12H14FN3O3/c1-12(2,18)5-19-11-9-7(8(17)3-13)4-14-10(9)15-6-16-11/h4,6,18H,3,5H2,1-2H3,(H,14,15,16). The molecule has 2 rings (SSSR count). The molecule has 7 heteroatoms. The van der Waals surface area contributed by atoms with E-state index in [2.05, 4.69) is 15.0 Å². The fourth-order valence-electron chi connectivity index (χ4n) is 1.58. The number of hydrogen-bond donors (Lipinski definition) is 2. The van der Waals surface area contributed by atoms with Crippen LogP contribution >= 0.6 is 0 Å². The Kier molecular flexibility index (Phi) is 3.48. The van der Waals surface area contributed by atoms with Crippen LogP contribution in [0.25, 0.3) is 11.0 Å². The topological polar surface area (TPSA) is 88.1 Å². The van der Waals surface area contributed by atoms with Crippen molar-refractivity contribution in [1.29, 1.82) is 0 Å². The van der Waals surface area contributed by atoms with Crippen LogP contribution in [-0.4, -0.2) is 44.7 Å². The van der Waals surface area contributed by atoms with E-state index in [0.29, 0.717) is 11.0 Å². The summed E-state index contributed by atoms with van der Waals surface area (Å²) in [4.78, 5) is 22.1. The molecule has 2 aromatic heterocycles. The average molecular weight is 267 g/mol. The van der Waals surface area contributed by atoms with Crippen LogP contribution in [0, 0.1) is 0 Å². The number of halogens is 1. The molecule has 0 amide bonds. The fraction of sp³-hybridized carbons (Fsp3) is 0.417. The van der Waals surface area contributed by atoms with E-state index in [1.54, 1.807) is 13.8 Å². The number of hydrogen-bond acceptors (Lipinski definition) is 5. The Morgan fingerprint density at radius 1 is 1.53 bits per heavy atom. The molecule has 0 bridgehead atoms. The lowest BCUT2D eigenvalue weighted by Gasteiger charge is -2.17. The zero-order chi connectivity index (χ0) is 14.0. The van der Waals surface area contributed by atoms with Gasteiger partial charge in [0.15, 0.2) is 12.5 Å². The third kappa shape index (κ3) is 2.87. The molecule has 0 saturated carbocycles. The maximum Gasteiger partial charge on any atom is 0.226 e. The Morgan fingerprint density at radius 2 is 2.26 bits per heavy atom. The molecule has 0 spiro atoms. The van der Waals surface area contributed by atoms with Gasteiger partial charge in [-0.2, -0.15) is 0 Å². The maximum atomic E-state index is 12.5. The van der Waals surface area contributed by atoms with Crippen molar-refractivity contribution in [2.75, 3.05) is 13.3 Å². The number of carbonyl (C=O) groups excluding carboxylic acids is 1. The van der Waals surface area contributed by atoms with Gasteiger partial charge in [-0.05, 0) is 13.8 Å². The van der Waals surface area contributed by atoms with Crippen LogP contribution in [-0.2, 0) is 0 Å². The van der Waals surface area contributed by atoms with Crippen molar-refractivity contribution in [3.63, 3.8) is 0 Å². The summed E-state index contributed by atoms with van der Waals surface area (Å²) in [6.45, 7) is 2.05. The first-order chi connectivity index (χ1) is 8.92. The van der Waals surface area contributed by atoms with Crippen LogP contribution in [0.1, 0.15) is 24.2 Å². The van der Waals surface area contributed by atoms with Crippen molar-refractivity contribution in [2.45, 2.75) is 19.4 Å². The third-order valence-electron chi connectivity index (χ3n) is 2.42. The highest BCUT2D eigenvalue weighted by Gasteiger charge is 2.20. The summed E-state index contributed by atoms with van der Waals surface area (Å²) in [6.07, 6.45) is 2.64. The zero-order valence-electron chi connectivity index (χ0n) is 10.6. The number of fused-ring (bicyclic) bond motifs is 1. The molecule has 0 fully saturated rings. The van der Waals surface area contributed by atoms with Crippen LogP contribution < -0.4 is 4.74 Å². The highest BCUT2D eigenvalue weighted by Crippen LogP contribution is 2.26. The smallest absolute Gasteiger partial charge is 0.226 e. The van der Waals surface area contributed by atoms with Gasteiger partial charge in [0.05, 0.1) is 16.6 Å². The number of aliphatic hydroxyl groups is 1. The van der Waals surface area contributed by atoms with Crippen LogP contribution in [0.4, 0.5) is 4.39 Å². The molecule has 0 aromatic carbocycles. The van der Waals surface area contributed by atoms with E-state index in [9.17, 15) is 14.3 Å². The molecule has 19 heavy (non-hydrogen) atoms. The van der Waals surface area contributed by atoms with Crippen molar-refractivity contribution in [3.05, 3.63) is 18.1 Å². The van der Waals surface area contributed by atoms with Gasteiger partial charge in [0.1, 0.15) is 18.6 Å². The number of ketones is 1. The minimum Gasteiger partial charge on any atom is -0.474 e. The molecule has 0 aliphatic rings. The summed E-state index contributed by atoms with van der Waals surface area (Å²) in [5.74, 6) is -0.528. The van der Waals surface area contributed by atoms with Crippen LogP contribution in [0.15, 0.2) is 12.5 Å². The maximum absolute atomic E-state index is 12.5. The molecule has 6 nitrogen and oxygen atoms in total. The predicted molar refractivity (Wildman–Crippen MR) is 66.0 cm³/mol.